The zero-order chi connectivity index (χ0) is 27.9. The van der Waals surface area contributed by atoms with Crippen LogP contribution in [0.4, 0.5) is 11.4 Å². The minimum absolute atomic E-state index is 0. The van der Waals surface area contributed by atoms with E-state index in [1.165, 1.54) is 30.5 Å². The summed E-state index contributed by atoms with van der Waals surface area (Å²) in [4.78, 5) is 33.2. The maximum atomic E-state index is 13.5. The number of rotatable bonds is 11. The highest BCUT2D eigenvalue weighted by molar-refractivity contribution is 5.97. The predicted molar refractivity (Wildman–Crippen MR) is 150 cm³/mol. The number of para-hydroxylation sites is 2. The standard InChI is InChI=1S/C28H34N4O6.ClH/c1-4-32(5-2)15-14-28(24-19(17-33)16-31-18(3)25(24)34,37-26(35)20-10-6-8-12-22(20)29)38-27(36)21-11-7-9-13-23(21)30;/h6-13,16,33-34H,4-5,14-15,17,29-30H2,1-3H3;1H. The molecular weight excluding hydrogens is 524 g/mol. The Morgan fingerprint density at radius 2 is 1.44 bits per heavy atom. The average Bonchev–Trinajstić information content (AvgIpc) is 2.90. The summed E-state index contributed by atoms with van der Waals surface area (Å²) in [5.41, 5.74) is 12.7. The minimum atomic E-state index is -2.17. The minimum Gasteiger partial charge on any atom is -0.505 e. The van der Waals surface area contributed by atoms with Gasteiger partial charge >= 0.3 is 11.9 Å². The normalized spacial score (nSPS) is 11.1. The van der Waals surface area contributed by atoms with E-state index in [2.05, 4.69) is 4.98 Å². The van der Waals surface area contributed by atoms with E-state index in [1.807, 2.05) is 18.7 Å². The Morgan fingerprint density at radius 1 is 0.949 bits per heavy atom. The third kappa shape index (κ3) is 6.97. The van der Waals surface area contributed by atoms with Gasteiger partial charge in [0.05, 0.1) is 29.0 Å². The molecule has 0 radical (unpaired) electrons. The van der Waals surface area contributed by atoms with E-state index in [0.29, 0.717) is 19.6 Å². The molecule has 1 aromatic heterocycles. The van der Waals surface area contributed by atoms with Gasteiger partial charge in [-0.1, -0.05) is 38.1 Å². The number of nitrogens with zero attached hydrogens (tertiary/aromatic N) is 2. The van der Waals surface area contributed by atoms with Crippen LogP contribution in [0.3, 0.4) is 0 Å². The number of carbonyl (C=O) groups excluding carboxylic acids is 2. The molecule has 210 valence electrons. The second-order valence-corrected chi connectivity index (χ2v) is 8.73. The second kappa shape index (κ2) is 13.8. The number of aryl methyl sites for hydroxylation is 1. The number of esters is 2. The number of aromatic hydroxyl groups is 1. The Hall–Kier alpha value is -3.86. The van der Waals surface area contributed by atoms with Crippen molar-refractivity contribution >= 4 is 35.7 Å². The van der Waals surface area contributed by atoms with Crippen molar-refractivity contribution in [3.05, 3.63) is 82.7 Å². The molecule has 0 unspecified atom stereocenters. The number of halogens is 1. The van der Waals surface area contributed by atoms with Crippen molar-refractivity contribution in [2.24, 2.45) is 0 Å². The summed E-state index contributed by atoms with van der Waals surface area (Å²) in [5.74, 6) is -4.31. The third-order valence-electron chi connectivity index (χ3n) is 6.39. The van der Waals surface area contributed by atoms with Crippen LogP contribution < -0.4 is 11.5 Å². The highest BCUT2D eigenvalue weighted by Gasteiger charge is 2.46. The monoisotopic (exact) mass is 558 g/mol. The van der Waals surface area contributed by atoms with Gasteiger partial charge in [-0.25, -0.2) is 9.59 Å². The molecule has 1 heterocycles. The molecule has 3 aromatic rings. The quantitative estimate of drug-likeness (QED) is 0.155. The maximum Gasteiger partial charge on any atom is 0.343 e. The molecule has 39 heavy (non-hydrogen) atoms. The first-order valence-electron chi connectivity index (χ1n) is 12.3. The smallest absolute Gasteiger partial charge is 0.343 e. The van der Waals surface area contributed by atoms with Crippen LogP contribution in [0.15, 0.2) is 54.7 Å². The van der Waals surface area contributed by atoms with E-state index in [1.54, 1.807) is 31.2 Å². The van der Waals surface area contributed by atoms with Crippen molar-refractivity contribution < 1.29 is 29.3 Å². The lowest BCUT2D eigenvalue weighted by atomic mass is 9.95. The van der Waals surface area contributed by atoms with E-state index in [-0.39, 0.29) is 63.9 Å². The largest absolute Gasteiger partial charge is 0.505 e. The number of nitrogens with two attached hydrogens (primary N) is 2. The summed E-state index contributed by atoms with van der Waals surface area (Å²) in [7, 11) is 0. The van der Waals surface area contributed by atoms with Gasteiger partial charge in [-0.2, -0.15) is 0 Å². The van der Waals surface area contributed by atoms with Crippen LogP contribution in [-0.2, 0) is 21.9 Å². The number of anilines is 2. The Bertz CT molecular complexity index is 1240. The van der Waals surface area contributed by atoms with Crippen molar-refractivity contribution in [3.63, 3.8) is 0 Å². The van der Waals surface area contributed by atoms with Gasteiger partial charge in [0, 0.05) is 36.1 Å². The number of hydrogen-bond acceptors (Lipinski definition) is 10. The van der Waals surface area contributed by atoms with Gasteiger partial charge in [0.2, 0.25) is 0 Å². The van der Waals surface area contributed by atoms with Gasteiger partial charge in [-0.05, 0) is 44.3 Å². The highest BCUT2D eigenvalue weighted by atomic mass is 35.5. The predicted octanol–water partition coefficient (Wildman–Crippen LogP) is 3.77. The summed E-state index contributed by atoms with van der Waals surface area (Å²) in [5, 5.41) is 21.4. The number of benzene rings is 2. The van der Waals surface area contributed by atoms with Gasteiger partial charge in [-0.3, -0.25) is 4.98 Å². The molecule has 2 aromatic carbocycles. The van der Waals surface area contributed by atoms with Gasteiger partial charge in [0.15, 0.2) is 0 Å². The van der Waals surface area contributed by atoms with Gasteiger partial charge in [-0.15, -0.1) is 12.4 Å². The first kappa shape index (κ1) is 31.4. The molecule has 0 aliphatic rings. The summed E-state index contributed by atoms with van der Waals surface area (Å²) < 4.78 is 12.0. The Balaban J connectivity index is 0.00000533. The fraction of sp³-hybridized carbons (Fsp3) is 0.321. The van der Waals surface area contributed by atoms with Crippen molar-refractivity contribution in [2.45, 2.75) is 39.6 Å². The van der Waals surface area contributed by atoms with Gasteiger partial charge < -0.3 is 36.1 Å². The number of pyridine rings is 1. The molecule has 0 atom stereocenters. The van der Waals surface area contributed by atoms with Crippen LogP contribution in [0.1, 0.15) is 57.8 Å². The molecule has 0 amide bonds. The molecule has 0 bridgehead atoms. The second-order valence-electron chi connectivity index (χ2n) is 8.73. The fourth-order valence-corrected chi connectivity index (χ4v) is 4.15. The maximum absolute atomic E-state index is 13.5. The number of carbonyl (C=O) groups is 2. The van der Waals surface area contributed by atoms with E-state index < -0.39 is 24.3 Å². The first-order valence-corrected chi connectivity index (χ1v) is 12.3. The molecule has 10 nitrogen and oxygen atoms in total. The lowest BCUT2D eigenvalue weighted by Gasteiger charge is -2.36. The first-order chi connectivity index (χ1) is 18.2. The number of aliphatic hydroxyl groups is 1. The summed E-state index contributed by atoms with van der Waals surface area (Å²) in [6.45, 7) is 6.55. The average molecular weight is 559 g/mol. The fourth-order valence-electron chi connectivity index (χ4n) is 4.15. The van der Waals surface area contributed by atoms with Crippen LogP contribution in [0.2, 0.25) is 0 Å². The molecule has 0 aliphatic heterocycles. The Kier molecular flexibility index (Phi) is 11.1. The molecule has 0 fully saturated rings. The molecular formula is C28H35ClN4O6. The van der Waals surface area contributed by atoms with Crippen LogP contribution in [0, 0.1) is 6.92 Å². The molecule has 3 rings (SSSR count). The molecule has 11 heteroatoms. The molecule has 0 saturated heterocycles. The Morgan fingerprint density at radius 3 is 1.87 bits per heavy atom. The molecule has 0 aliphatic carbocycles. The number of ether oxygens (including phenoxy) is 2. The summed E-state index contributed by atoms with van der Waals surface area (Å²) in [6, 6.07) is 12.6. The topological polar surface area (TPSA) is 161 Å². The lowest BCUT2D eigenvalue weighted by Crippen LogP contribution is -2.42. The van der Waals surface area contributed by atoms with Gasteiger partial charge in [0.1, 0.15) is 5.75 Å². The van der Waals surface area contributed by atoms with Crippen molar-refractivity contribution in [1.29, 1.82) is 0 Å². The highest BCUT2D eigenvalue weighted by Crippen LogP contribution is 2.42. The van der Waals surface area contributed by atoms with Crippen LogP contribution in [-0.4, -0.2) is 51.7 Å². The van der Waals surface area contributed by atoms with Crippen LogP contribution in [0.25, 0.3) is 0 Å². The summed E-state index contributed by atoms with van der Waals surface area (Å²) >= 11 is 0. The van der Waals surface area contributed by atoms with Crippen LogP contribution in [0.5, 0.6) is 5.75 Å². The van der Waals surface area contributed by atoms with Crippen molar-refractivity contribution in [3.8, 4) is 5.75 Å². The number of aromatic nitrogens is 1. The Labute approximate surface area is 234 Å². The van der Waals surface area contributed by atoms with Crippen molar-refractivity contribution in [2.75, 3.05) is 31.1 Å². The van der Waals surface area contributed by atoms with E-state index >= 15 is 0 Å². The summed E-state index contributed by atoms with van der Waals surface area (Å²) in [6.07, 6.45) is 1.27. The third-order valence-corrected chi connectivity index (χ3v) is 6.39. The van der Waals surface area contributed by atoms with E-state index in [4.69, 9.17) is 20.9 Å². The van der Waals surface area contributed by atoms with Crippen molar-refractivity contribution in [1.82, 2.24) is 9.88 Å². The number of hydrogen-bond donors (Lipinski definition) is 4. The SMILES string of the molecule is CCN(CC)CCC(OC(=O)c1ccccc1N)(OC(=O)c1ccccc1N)c1c(CO)cnc(C)c1O.Cl. The van der Waals surface area contributed by atoms with Crippen LogP contribution >= 0.6 is 12.4 Å². The molecule has 0 spiro atoms. The zero-order valence-electron chi connectivity index (χ0n) is 22.2. The molecule has 0 saturated carbocycles. The van der Waals surface area contributed by atoms with Gasteiger partial charge in [0.25, 0.3) is 5.79 Å². The zero-order valence-corrected chi connectivity index (χ0v) is 23.0. The lowest BCUT2D eigenvalue weighted by molar-refractivity contribution is -0.185. The number of aliphatic hydroxyl groups excluding tert-OH is 1. The van der Waals surface area contributed by atoms with E-state index in [9.17, 15) is 19.8 Å². The number of nitrogen functional groups attached to an aromatic ring is 2. The van der Waals surface area contributed by atoms with E-state index in [0.717, 1.165) is 0 Å². The molecule has 6 N–H and O–H groups in total.